The number of aliphatic hydroxyl groups is 1. The molecule has 3 heteroatoms. The number of hydrogen-bond donors (Lipinski definition) is 1. The minimum atomic E-state index is 0.277. The minimum Gasteiger partial charge on any atom is -0.396 e. The monoisotopic (exact) mass is 247 g/mol. The molecular formula is C14H17NOS. The van der Waals surface area contributed by atoms with E-state index in [1.54, 1.807) is 11.3 Å². The average Bonchev–Trinajstić information content (AvgIpc) is 2.89. The number of unbranched alkanes of at least 4 members (excludes halogenated alkanes) is 1. The van der Waals surface area contributed by atoms with Gasteiger partial charge in [0.05, 0.1) is 5.01 Å². The fourth-order valence-corrected chi connectivity index (χ4v) is 2.79. The highest BCUT2D eigenvalue weighted by Gasteiger charge is 2.15. The molecule has 2 aromatic rings. The summed E-state index contributed by atoms with van der Waals surface area (Å²) in [4.78, 5) is 4.43. The summed E-state index contributed by atoms with van der Waals surface area (Å²) in [7, 11) is 0. The highest BCUT2D eigenvalue weighted by atomic mass is 32.1. The van der Waals surface area contributed by atoms with E-state index in [0.29, 0.717) is 5.92 Å². The molecule has 0 bridgehead atoms. The predicted molar refractivity (Wildman–Crippen MR) is 71.3 cm³/mol. The van der Waals surface area contributed by atoms with E-state index < -0.39 is 0 Å². The maximum atomic E-state index is 8.87. The third kappa shape index (κ3) is 3.38. The molecule has 0 spiro atoms. The van der Waals surface area contributed by atoms with Gasteiger partial charge in [0.25, 0.3) is 0 Å². The Kier molecular flexibility index (Phi) is 4.71. The Hall–Kier alpha value is -1.19. The van der Waals surface area contributed by atoms with Crippen LogP contribution in [0.2, 0.25) is 0 Å². The Morgan fingerprint density at radius 1 is 1.18 bits per heavy atom. The van der Waals surface area contributed by atoms with Crippen molar-refractivity contribution in [1.29, 1.82) is 0 Å². The molecule has 1 aromatic heterocycles. The zero-order valence-electron chi connectivity index (χ0n) is 9.75. The van der Waals surface area contributed by atoms with Crippen molar-refractivity contribution in [2.24, 2.45) is 0 Å². The van der Waals surface area contributed by atoms with Crippen LogP contribution in [-0.2, 0) is 0 Å². The molecule has 0 radical (unpaired) electrons. The summed E-state index contributed by atoms with van der Waals surface area (Å²) in [5.74, 6) is 0.378. The Balaban J connectivity index is 2.13. The fourth-order valence-electron chi connectivity index (χ4n) is 1.98. The van der Waals surface area contributed by atoms with Crippen molar-refractivity contribution in [2.75, 3.05) is 6.61 Å². The van der Waals surface area contributed by atoms with Crippen molar-refractivity contribution in [2.45, 2.75) is 25.2 Å². The van der Waals surface area contributed by atoms with Gasteiger partial charge in [0, 0.05) is 24.1 Å². The largest absolute Gasteiger partial charge is 0.396 e. The van der Waals surface area contributed by atoms with Gasteiger partial charge in [-0.05, 0) is 18.4 Å². The molecule has 0 saturated carbocycles. The molecule has 1 heterocycles. The van der Waals surface area contributed by atoms with Crippen molar-refractivity contribution in [1.82, 2.24) is 4.98 Å². The molecule has 1 N–H and O–H groups in total. The van der Waals surface area contributed by atoms with E-state index in [1.165, 1.54) is 10.6 Å². The molecule has 17 heavy (non-hydrogen) atoms. The Morgan fingerprint density at radius 2 is 2.00 bits per heavy atom. The summed E-state index contributed by atoms with van der Waals surface area (Å²) in [5.41, 5.74) is 1.32. The van der Waals surface area contributed by atoms with Gasteiger partial charge in [-0.3, -0.25) is 0 Å². The molecule has 2 rings (SSSR count). The van der Waals surface area contributed by atoms with Crippen molar-refractivity contribution in [3.8, 4) is 0 Å². The highest BCUT2D eigenvalue weighted by Crippen LogP contribution is 2.30. The fraction of sp³-hybridized carbons (Fsp3) is 0.357. The van der Waals surface area contributed by atoms with Crippen molar-refractivity contribution >= 4 is 11.3 Å². The molecule has 1 atom stereocenters. The second-order valence-corrected chi connectivity index (χ2v) is 4.98. The first-order valence-electron chi connectivity index (χ1n) is 5.97. The van der Waals surface area contributed by atoms with Gasteiger partial charge in [0.2, 0.25) is 0 Å². The lowest BCUT2D eigenvalue weighted by molar-refractivity contribution is 0.282. The SMILES string of the molecule is OCCCCC(c1ccccc1)c1nccs1. The second kappa shape index (κ2) is 6.52. The van der Waals surface area contributed by atoms with E-state index in [1.807, 2.05) is 17.6 Å². The van der Waals surface area contributed by atoms with E-state index >= 15 is 0 Å². The standard InChI is InChI=1S/C14H17NOS/c16-10-5-4-8-13(14-15-9-11-17-14)12-6-2-1-3-7-12/h1-3,6-7,9,11,13,16H,4-5,8,10H2. The van der Waals surface area contributed by atoms with Gasteiger partial charge in [-0.2, -0.15) is 0 Å². The Bertz CT molecular complexity index is 413. The lowest BCUT2D eigenvalue weighted by Gasteiger charge is -2.14. The van der Waals surface area contributed by atoms with Gasteiger partial charge in [0.15, 0.2) is 0 Å². The van der Waals surface area contributed by atoms with Crippen LogP contribution in [0.3, 0.4) is 0 Å². The predicted octanol–water partition coefficient (Wildman–Crippen LogP) is 3.44. The number of nitrogens with zero attached hydrogens (tertiary/aromatic N) is 1. The van der Waals surface area contributed by atoms with Crippen LogP contribution in [0, 0.1) is 0 Å². The summed E-state index contributed by atoms with van der Waals surface area (Å²) >= 11 is 1.71. The number of aromatic nitrogens is 1. The molecule has 1 aromatic carbocycles. The molecule has 0 aliphatic rings. The molecule has 0 aliphatic carbocycles. The molecule has 0 fully saturated rings. The van der Waals surface area contributed by atoms with Crippen LogP contribution < -0.4 is 0 Å². The van der Waals surface area contributed by atoms with Crippen LogP contribution in [0.4, 0.5) is 0 Å². The Morgan fingerprint density at radius 3 is 2.65 bits per heavy atom. The molecular weight excluding hydrogens is 230 g/mol. The number of benzene rings is 1. The first-order chi connectivity index (χ1) is 8.42. The summed E-state index contributed by atoms with van der Waals surface area (Å²) in [6.45, 7) is 0.277. The van der Waals surface area contributed by atoms with Crippen molar-refractivity contribution in [3.63, 3.8) is 0 Å². The number of hydrogen-bond acceptors (Lipinski definition) is 3. The first kappa shape index (κ1) is 12.3. The zero-order chi connectivity index (χ0) is 11.9. The molecule has 0 aliphatic heterocycles. The Labute approximate surface area is 106 Å². The quantitative estimate of drug-likeness (QED) is 0.793. The maximum absolute atomic E-state index is 8.87. The van der Waals surface area contributed by atoms with E-state index in [2.05, 4.69) is 29.2 Å². The maximum Gasteiger partial charge on any atom is 0.0999 e. The lowest BCUT2D eigenvalue weighted by atomic mass is 9.94. The summed E-state index contributed by atoms with van der Waals surface area (Å²) in [6, 6.07) is 10.5. The molecule has 0 amide bonds. The molecule has 2 nitrogen and oxygen atoms in total. The topological polar surface area (TPSA) is 33.1 Å². The van der Waals surface area contributed by atoms with Crippen LogP contribution in [0.1, 0.15) is 35.8 Å². The van der Waals surface area contributed by atoms with Crippen molar-refractivity contribution in [3.05, 3.63) is 52.5 Å². The zero-order valence-corrected chi connectivity index (χ0v) is 10.6. The number of rotatable bonds is 6. The third-order valence-electron chi connectivity index (χ3n) is 2.85. The summed E-state index contributed by atoms with van der Waals surface area (Å²) in [5, 5.41) is 12.1. The highest BCUT2D eigenvalue weighted by molar-refractivity contribution is 7.09. The summed E-state index contributed by atoms with van der Waals surface area (Å²) < 4.78 is 0. The van der Waals surface area contributed by atoms with Crippen LogP contribution in [-0.4, -0.2) is 16.7 Å². The van der Waals surface area contributed by atoms with E-state index in [0.717, 1.165) is 19.3 Å². The van der Waals surface area contributed by atoms with Crippen LogP contribution in [0.5, 0.6) is 0 Å². The minimum absolute atomic E-state index is 0.277. The molecule has 0 saturated heterocycles. The van der Waals surface area contributed by atoms with Crippen LogP contribution in [0.25, 0.3) is 0 Å². The number of thiazole rings is 1. The van der Waals surface area contributed by atoms with Crippen LogP contribution >= 0.6 is 11.3 Å². The van der Waals surface area contributed by atoms with Gasteiger partial charge in [-0.1, -0.05) is 36.8 Å². The molecule has 1 unspecified atom stereocenters. The van der Waals surface area contributed by atoms with E-state index in [-0.39, 0.29) is 6.61 Å². The summed E-state index contributed by atoms with van der Waals surface area (Å²) in [6.07, 6.45) is 4.82. The smallest absolute Gasteiger partial charge is 0.0999 e. The normalized spacial score (nSPS) is 12.5. The van der Waals surface area contributed by atoms with Gasteiger partial charge in [0.1, 0.15) is 0 Å². The van der Waals surface area contributed by atoms with Gasteiger partial charge in [-0.25, -0.2) is 4.98 Å². The van der Waals surface area contributed by atoms with E-state index in [4.69, 9.17) is 5.11 Å². The number of aliphatic hydroxyl groups excluding tert-OH is 1. The van der Waals surface area contributed by atoms with Crippen molar-refractivity contribution < 1.29 is 5.11 Å². The van der Waals surface area contributed by atoms with Gasteiger partial charge >= 0.3 is 0 Å². The van der Waals surface area contributed by atoms with Gasteiger partial charge in [-0.15, -0.1) is 11.3 Å². The lowest BCUT2D eigenvalue weighted by Crippen LogP contribution is -2.01. The third-order valence-corrected chi connectivity index (χ3v) is 3.74. The van der Waals surface area contributed by atoms with E-state index in [9.17, 15) is 0 Å². The second-order valence-electron chi connectivity index (χ2n) is 4.05. The van der Waals surface area contributed by atoms with Gasteiger partial charge < -0.3 is 5.11 Å². The first-order valence-corrected chi connectivity index (χ1v) is 6.85. The molecule has 90 valence electrons. The van der Waals surface area contributed by atoms with Crippen LogP contribution in [0.15, 0.2) is 41.9 Å². The average molecular weight is 247 g/mol.